The smallest absolute Gasteiger partial charge is 0.259 e. The van der Waals surface area contributed by atoms with Crippen molar-refractivity contribution in [2.75, 3.05) is 10.6 Å². The van der Waals surface area contributed by atoms with Crippen molar-refractivity contribution in [3.63, 3.8) is 0 Å². The Morgan fingerprint density at radius 1 is 1.26 bits per heavy atom. The average molecular weight is 329 g/mol. The molecule has 0 radical (unpaired) electrons. The Hall–Kier alpha value is -2.21. The van der Waals surface area contributed by atoms with Gasteiger partial charge in [0.2, 0.25) is 5.91 Å². The summed E-state index contributed by atoms with van der Waals surface area (Å²) in [6, 6.07) is 3.58. The zero-order valence-corrected chi connectivity index (χ0v) is 13.8. The number of hydrogen-bond donors (Lipinski definition) is 2. The van der Waals surface area contributed by atoms with E-state index in [0.29, 0.717) is 22.7 Å². The fourth-order valence-corrected chi connectivity index (χ4v) is 4.04. The Bertz CT molecular complexity index is 725. The quantitative estimate of drug-likeness (QED) is 0.900. The summed E-state index contributed by atoms with van der Waals surface area (Å²) in [6.07, 6.45) is 7.76. The van der Waals surface area contributed by atoms with Crippen LogP contribution in [0.25, 0.3) is 0 Å². The summed E-state index contributed by atoms with van der Waals surface area (Å²) in [5.74, 6) is -0.247. The van der Waals surface area contributed by atoms with Crippen LogP contribution in [-0.4, -0.2) is 16.8 Å². The van der Waals surface area contributed by atoms with Gasteiger partial charge in [0.15, 0.2) is 0 Å². The number of nitrogens with one attached hydrogen (secondary N) is 2. The maximum absolute atomic E-state index is 12.8. The van der Waals surface area contributed by atoms with Gasteiger partial charge in [0.25, 0.3) is 5.91 Å². The summed E-state index contributed by atoms with van der Waals surface area (Å²) in [6.45, 7) is 1.80. The molecule has 0 atom stereocenters. The molecule has 2 aromatic heterocycles. The highest BCUT2D eigenvalue weighted by Crippen LogP contribution is 2.38. The molecule has 2 heterocycles. The zero-order valence-electron chi connectivity index (χ0n) is 13.0. The topological polar surface area (TPSA) is 71.1 Å². The van der Waals surface area contributed by atoms with E-state index in [9.17, 15) is 9.59 Å². The van der Waals surface area contributed by atoms with Gasteiger partial charge in [-0.15, -0.1) is 11.3 Å². The van der Waals surface area contributed by atoms with Gasteiger partial charge in [-0.2, -0.15) is 0 Å². The highest BCUT2D eigenvalue weighted by Gasteiger charge is 2.26. The van der Waals surface area contributed by atoms with Crippen LogP contribution in [0.2, 0.25) is 0 Å². The van der Waals surface area contributed by atoms with E-state index in [1.54, 1.807) is 31.5 Å². The van der Waals surface area contributed by atoms with Gasteiger partial charge in [-0.05, 0) is 43.4 Å². The third-order valence-electron chi connectivity index (χ3n) is 3.89. The molecule has 0 aromatic carbocycles. The number of thiophene rings is 1. The molecule has 0 saturated carbocycles. The van der Waals surface area contributed by atoms with Crippen molar-refractivity contribution >= 4 is 33.8 Å². The maximum atomic E-state index is 12.8. The molecule has 6 heteroatoms. The van der Waals surface area contributed by atoms with Gasteiger partial charge in [0.05, 0.1) is 17.4 Å². The molecule has 1 aliphatic carbocycles. The molecule has 0 fully saturated rings. The lowest BCUT2D eigenvalue weighted by molar-refractivity contribution is -0.115. The van der Waals surface area contributed by atoms with E-state index in [-0.39, 0.29) is 11.8 Å². The average Bonchev–Trinajstić information content (AvgIpc) is 2.93. The lowest BCUT2D eigenvalue weighted by atomic mass is 9.95. The molecule has 2 N–H and O–H groups in total. The molecule has 23 heavy (non-hydrogen) atoms. The first-order chi connectivity index (χ1) is 11.2. The minimum atomic E-state index is -0.177. The maximum Gasteiger partial charge on any atom is 0.259 e. The van der Waals surface area contributed by atoms with Crippen LogP contribution in [0.3, 0.4) is 0 Å². The molecule has 5 nitrogen and oxygen atoms in total. The Kier molecular flexibility index (Phi) is 4.71. The van der Waals surface area contributed by atoms with Crippen molar-refractivity contribution in [2.45, 2.75) is 39.0 Å². The van der Waals surface area contributed by atoms with Gasteiger partial charge in [-0.1, -0.05) is 6.92 Å². The fourth-order valence-electron chi connectivity index (χ4n) is 2.74. The van der Waals surface area contributed by atoms with Crippen LogP contribution in [0.4, 0.5) is 10.7 Å². The number of rotatable bonds is 4. The second-order valence-electron chi connectivity index (χ2n) is 5.51. The number of nitrogens with zero attached hydrogens (tertiary/aromatic N) is 1. The predicted octanol–water partition coefficient (Wildman–Crippen LogP) is 3.62. The van der Waals surface area contributed by atoms with Gasteiger partial charge in [0.1, 0.15) is 5.00 Å². The van der Waals surface area contributed by atoms with Gasteiger partial charge >= 0.3 is 0 Å². The number of anilines is 2. The Morgan fingerprint density at radius 2 is 2.09 bits per heavy atom. The van der Waals surface area contributed by atoms with Gasteiger partial charge in [-0.25, -0.2) is 0 Å². The van der Waals surface area contributed by atoms with E-state index in [0.717, 1.165) is 31.2 Å². The number of aryl methyl sites for hydroxylation is 1. The molecular weight excluding hydrogens is 310 g/mol. The predicted molar refractivity (Wildman–Crippen MR) is 92.1 cm³/mol. The number of amides is 2. The second kappa shape index (κ2) is 6.91. The lowest BCUT2D eigenvalue weighted by Crippen LogP contribution is -2.18. The van der Waals surface area contributed by atoms with Crippen molar-refractivity contribution in [1.82, 2.24) is 4.98 Å². The van der Waals surface area contributed by atoms with Crippen LogP contribution < -0.4 is 10.6 Å². The Balaban J connectivity index is 1.93. The molecule has 1 aliphatic rings. The molecule has 2 amide bonds. The highest BCUT2D eigenvalue weighted by molar-refractivity contribution is 7.17. The normalized spacial score (nSPS) is 13.3. The molecule has 0 aliphatic heterocycles. The molecule has 0 spiro atoms. The van der Waals surface area contributed by atoms with E-state index in [2.05, 4.69) is 15.6 Å². The summed E-state index contributed by atoms with van der Waals surface area (Å²) < 4.78 is 0. The van der Waals surface area contributed by atoms with E-state index >= 15 is 0 Å². The van der Waals surface area contributed by atoms with Crippen LogP contribution in [0.15, 0.2) is 24.5 Å². The van der Waals surface area contributed by atoms with Crippen LogP contribution >= 0.6 is 11.3 Å². The van der Waals surface area contributed by atoms with Gasteiger partial charge in [0, 0.05) is 17.5 Å². The molecule has 3 rings (SSSR count). The first-order valence-corrected chi connectivity index (χ1v) is 8.66. The highest BCUT2D eigenvalue weighted by atomic mass is 32.1. The lowest BCUT2D eigenvalue weighted by Gasteiger charge is -2.13. The summed E-state index contributed by atoms with van der Waals surface area (Å²) in [5.41, 5.74) is 2.37. The van der Waals surface area contributed by atoms with E-state index in [1.165, 1.54) is 16.2 Å². The third kappa shape index (κ3) is 3.42. The summed E-state index contributed by atoms with van der Waals surface area (Å²) >= 11 is 1.54. The van der Waals surface area contributed by atoms with E-state index in [4.69, 9.17) is 0 Å². The van der Waals surface area contributed by atoms with Crippen molar-refractivity contribution < 1.29 is 9.59 Å². The fraction of sp³-hybridized carbons (Fsp3) is 0.353. The van der Waals surface area contributed by atoms with Crippen LogP contribution in [0.1, 0.15) is 47.0 Å². The minimum absolute atomic E-state index is 0.0703. The molecule has 0 saturated heterocycles. The standard InChI is InChI=1S/C17H19N3O2S/c1-2-14(21)20-17-15(12-7-3-4-8-13(12)23-17)16(22)19-11-6-5-9-18-10-11/h5-6,9-10H,2-4,7-8H2,1H3,(H,19,22)(H,20,21). The van der Waals surface area contributed by atoms with Crippen LogP contribution in [0.5, 0.6) is 0 Å². The first-order valence-electron chi connectivity index (χ1n) is 7.84. The monoisotopic (exact) mass is 329 g/mol. The van der Waals surface area contributed by atoms with Crippen molar-refractivity contribution in [2.24, 2.45) is 0 Å². The molecule has 0 unspecified atom stereocenters. The van der Waals surface area contributed by atoms with Crippen LogP contribution in [-0.2, 0) is 17.6 Å². The summed E-state index contributed by atoms with van der Waals surface area (Å²) in [5, 5.41) is 6.44. The van der Waals surface area contributed by atoms with Crippen molar-refractivity contribution in [3.8, 4) is 0 Å². The Labute approximate surface area is 139 Å². The van der Waals surface area contributed by atoms with E-state index < -0.39 is 0 Å². The summed E-state index contributed by atoms with van der Waals surface area (Å²) in [4.78, 5) is 29.8. The molecule has 0 bridgehead atoms. The number of pyridine rings is 1. The number of carbonyl (C=O) groups is 2. The van der Waals surface area contributed by atoms with Crippen molar-refractivity contribution in [1.29, 1.82) is 0 Å². The third-order valence-corrected chi connectivity index (χ3v) is 5.10. The first kappa shape index (κ1) is 15.7. The number of fused-ring (bicyclic) bond motifs is 1. The van der Waals surface area contributed by atoms with Crippen LogP contribution in [0, 0.1) is 0 Å². The second-order valence-corrected chi connectivity index (χ2v) is 6.62. The largest absolute Gasteiger partial charge is 0.320 e. The number of carbonyl (C=O) groups excluding carboxylic acids is 2. The molecular formula is C17H19N3O2S. The number of aromatic nitrogens is 1. The number of hydrogen-bond acceptors (Lipinski definition) is 4. The Morgan fingerprint density at radius 3 is 2.83 bits per heavy atom. The van der Waals surface area contributed by atoms with Crippen molar-refractivity contribution in [3.05, 3.63) is 40.5 Å². The molecule has 120 valence electrons. The SMILES string of the molecule is CCC(=O)Nc1sc2c(c1C(=O)Nc1cccnc1)CCCC2. The van der Waals surface area contributed by atoms with Gasteiger partial charge in [-0.3, -0.25) is 14.6 Å². The molecule has 2 aromatic rings. The zero-order chi connectivity index (χ0) is 16.2. The minimum Gasteiger partial charge on any atom is -0.320 e. The van der Waals surface area contributed by atoms with Gasteiger partial charge < -0.3 is 10.6 Å². The van der Waals surface area contributed by atoms with E-state index in [1.807, 2.05) is 0 Å². The summed E-state index contributed by atoms with van der Waals surface area (Å²) in [7, 11) is 0.